The van der Waals surface area contributed by atoms with Crippen molar-refractivity contribution in [3.8, 4) is 11.3 Å². The van der Waals surface area contributed by atoms with Crippen LogP contribution in [0.4, 0.5) is 28.4 Å². The van der Waals surface area contributed by atoms with Crippen LogP contribution in [0.2, 0.25) is 0 Å². The maximum Gasteiger partial charge on any atom is 0.508 e. The third-order valence-corrected chi connectivity index (χ3v) is 5.19. The van der Waals surface area contributed by atoms with Crippen molar-refractivity contribution in [3.05, 3.63) is 64.4 Å². The standard InChI is InChI=1S/C23H19F3N2O6/c1-2-32-22(31)33-12-15-11-28(21(30)34-15)14-8-7-13-9-19(27-20(29)17(13)10-14)16-5-3-4-6-18(16)23(24,25)26/h3-10,15H,2,11-12H2,1H3,(H,27,29)/t15-/m0/s1. The number of amides is 1. The van der Waals surface area contributed by atoms with Gasteiger partial charge in [-0.3, -0.25) is 9.69 Å². The van der Waals surface area contributed by atoms with E-state index in [4.69, 9.17) is 9.47 Å². The van der Waals surface area contributed by atoms with E-state index >= 15 is 0 Å². The molecule has 1 fully saturated rings. The number of hydrogen-bond acceptors (Lipinski definition) is 6. The van der Waals surface area contributed by atoms with Crippen molar-refractivity contribution in [3.63, 3.8) is 0 Å². The molecule has 0 unspecified atom stereocenters. The van der Waals surface area contributed by atoms with E-state index < -0.39 is 35.7 Å². The summed E-state index contributed by atoms with van der Waals surface area (Å²) >= 11 is 0. The predicted molar refractivity (Wildman–Crippen MR) is 116 cm³/mol. The number of halogens is 3. The third kappa shape index (κ3) is 4.68. The largest absolute Gasteiger partial charge is 0.508 e. The van der Waals surface area contributed by atoms with E-state index in [1.54, 1.807) is 13.0 Å². The maximum absolute atomic E-state index is 13.4. The van der Waals surface area contributed by atoms with Crippen LogP contribution in [0.25, 0.3) is 22.0 Å². The van der Waals surface area contributed by atoms with E-state index in [1.807, 2.05) is 0 Å². The van der Waals surface area contributed by atoms with Gasteiger partial charge >= 0.3 is 18.4 Å². The van der Waals surface area contributed by atoms with Gasteiger partial charge < -0.3 is 19.2 Å². The Morgan fingerprint density at radius 2 is 1.91 bits per heavy atom. The molecule has 4 rings (SSSR count). The van der Waals surface area contributed by atoms with Crippen LogP contribution in [0.1, 0.15) is 12.5 Å². The molecule has 8 nitrogen and oxygen atoms in total. The second-order valence-electron chi connectivity index (χ2n) is 7.44. The molecule has 1 saturated heterocycles. The van der Waals surface area contributed by atoms with Crippen molar-refractivity contribution in [2.75, 3.05) is 24.7 Å². The average molecular weight is 476 g/mol. The normalized spacial score (nSPS) is 15.9. The van der Waals surface area contributed by atoms with Crippen LogP contribution in [-0.4, -0.2) is 43.1 Å². The zero-order valence-corrected chi connectivity index (χ0v) is 17.8. The molecule has 0 saturated carbocycles. The number of benzene rings is 2. The topological polar surface area (TPSA) is 97.9 Å². The summed E-state index contributed by atoms with van der Waals surface area (Å²) in [4.78, 5) is 40.1. The molecule has 1 aliphatic rings. The van der Waals surface area contributed by atoms with E-state index in [9.17, 15) is 27.6 Å². The summed E-state index contributed by atoms with van der Waals surface area (Å²) < 4.78 is 54.9. The first kappa shape index (κ1) is 23.1. The predicted octanol–water partition coefficient (Wildman–Crippen LogP) is 4.71. The van der Waals surface area contributed by atoms with Crippen LogP contribution in [0, 0.1) is 0 Å². The molecule has 178 valence electrons. The van der Waals surface area contributed by atoms with Gasteiger partial charge in [-0.15, -0.1) is 0 Å². The lowest BCUT2D eigenvalue weighted by Crippen LogP contribution is -2.26. The molecule has 0 radical (unpaired) electrons. The van der Waals surface area contributed by atoms with Gasteiger partial charge in [0.25, 0.3) is 5.56 Å². The fraction of sp³-hybridized carbons (Fsp3) is 0.261. The number of alkyl halides is 3. The number of rotatable bonds is 5. The van der Waals surface area contributed by atoms with Crippen LogP contribution in [-0.2, 0) is 20.4 Å². The smallest absolute Gasteiger partial charge is 0.440 e. The molecule has 1 aromatic heterocycles. The monoisotopic (exact) mass is 476 g/mol. The van der Waals surface area contributed by atoms with Gasteiger partial charge in [-0.25, -0.2) is 9.59 Å². The zero-order chi connectivity index (χ0) is 24.5. The molecule has 1 atom stereocenters. The van der Waals surface area contributed by atoms with Gasteiger partial charge in [0.2, 0.25) is 0 Å². The molecule has 34 heavy (non-hydrogen) atoms. The van der Waals surface area contributed by atoms with Gasteiger partial charge in [-0.05, 0) is 36.6 Å². The van der Waals surface area contributed by atoms with Crippen molar-refractivity contribution < 1.29 is 37.0 Å². The number of anilines is 1. The van der Waals surface area contributed by atoms with Crippen LogP contribution < -0.4 is 10.5 Å². The Morgan fingerprint density at radius 1 is 1.15 bits per heavy atom. The van der Waals surface area contributed by atoms with Crippen LogP contribution in [0.15, 0.2) is 53.3 Å². The Balaban J connectivity index is 1.61. The van der Waals surface area contributed by atoms with Crippen LogP contribution >= 0.6 is 0 Å². The molecule has 2 heterocycles. The summed E-state index contributed by atoms with van der Waals surface area (Å²) in [5.41, 5.74) is -1.25. The number of carbonyl (C=O) groups excluding carboxylic acids is 2. The fourth-order valence-electron chi connectivity index (χ4n) is 3.67. The number of aromatic amines is 1. The van der Waals surface area contributed by atoms with E-state index in [0.29, 0.717) is 11.1 Å². The quantitative estimate of drug-likeness (QED) is 0.536. The SMILES string of the molecule is CCOC(=O)OC[C@@H]1CN(c2ccc3cc(-c4ccccc4C(F)(F)F)[nH]c(=O)c3c2)C(=O)O1. The minimum absolute atomic E-state index is 0.0231. The van der Waals surface area contributed by atoms with Gasteiger partial charge in [0.05, 0.1) is 18.7 Å². The number of aromatic nitrogens is 1. The summed E-state index contributed by atoms with van der Waals surface area (Å²) in [6.07, 6.45) is -6.89. The van der Waals surface area contributed by atoms with E-state index in [-0.39, 0.29) is 36.4 Å². The van der Waals surface area contributed by atoms with Gasteiger partial charge in [0, 0.05) is 22.3 Å². The Kier molecular flexibility index (Phi) is 6.18. The number of cyclic esters (lactones) is 1. The van der Waals surface area contributed by atoms with Gasteiger partial charge in [-0.1, -0.05) is 24.3 Å². The van der Waals surface area contributed by atoms with Crippen molar-refractivity contribution in [2.24, 2.45) is 0 Å². The van der Waals surface area contributed by atoms with Crippen LogP contribution in [0.3, 0.4) is 0 Å². The highest BCUT2D eigenvalue weighted by Crippen LogP contribution is 2.36. The highest BCUT2D eigenvalue weighted by atomic mass is 19.4. The number of H-pyrrole nitrogens is 1. The number of fused-ring (bicyclic) bond motifs is 1. The molecular weight excluding hydrogens is 457 g/mol. The molecule has 3 aromatic rings. The number of nitrogens with zero attached hydrogens (tertiary/aromatic N) is 1. The third-order valence-electron chi connectivity index (χ3n) is 5.19. The lowest BCUT2D eigenvalue weighted by Gasteiger charge is -2.15. The highest BCUT2D eigenvalue weighted by Gasteiger charge is 2.35. The molecule has 1 N–H and O–H groups in total. The summed E-state index contributed by atoms with van der Waals surface area (Å²) in [5.74, 6) is 0. The Labute approximate surface area is 190 Å². The molecular formula is C23H19F3N2O6. The minimum Gasteiger partial charge on any atom is -0.440 e. The molecule has 0 aliphatic carbocycles. The van der Waals surface area contributed by atoms with Crippen molar-refractivity contribution >= 4 is 28.7 Å². The zero-order valence-electron chi connectivity index (χ0n) is 17.8. The molecule has 11 heteroatoms. The first-order chi connectivity index (χ1) is 16.2. The molecule has 1 aliphatic heterocycles. The summed E-state index contributed by atoms with van der Waals surface area (Å²) in [5, 5.41) is 0.582. The Hall–Kier alpha value is -4.02. The molecule has 0 spiro atoms. The minimum atomic E-state index is -4.59. The highest BCUT2D eigenvalue weighted by molar-refractivity contribution is 5.94. The first-order valence-corrected chi connectivity index (χ1v) is 10.3. The number of ether oxygens (including phenoxy) is 3. The molecule has 1 amide bonds. The number of hydrogen-bond donors (Lipinski definition) is 1. The molecule has 2 aromatic carbocycles. The Morgan fingerprint density at radius 3 is 2.65 bits per heavy atom. The maximum atomic E-state index is 13.4. The van der Waals surface area contributed by atoms with Crippen molar-refractivity contribution in [1.29, 1.82) is 0 Å². The Bertz CT molecular complexity index is 1300. The van der Waals surface area contributed by atoms with Crippen LogP contribution in [0.5, 0.6) is 0 Å². The number of nitrogens with one attached hydrogen (secondary N) is 1. The van der Waals surface area contributed by atoms with Gasteiger partial charge in [0.1, 0.15) is 6.61 Å². The number of pyridine rings is 1. The van der Waals surface area contributed by atoms with E-state index in [1.165, 1.54) is 41.3 Å². The average Bonchev–Trinajstić information content (AvgIpc) is 3.17. The lowest BCUT2D eigenvalue weighted by molar-refractivity contribution is -0.137. The fourth-order valence-corrected chi connectivity index (χ4v) is 3.67. The van der Waals surface area contributed by atoms with E-state index in [0.717, 1.165) is 6.07 Å². The second kappa shape index (κ2) is 9.08. The number of carbonyl (C=O) groups is 2. The first-order valence-electron chi connectivity index (χ1n) is 10.3. The molecule has 0 bridgehead atoms. The van der Waals surface area contributed by atoms with E-state index in [2.05, 4.69) is 9.72 Å². The summed E-state index contributed by atoms with van der Waals surface area (Å²) in [7, 11) is 0. The summed E-state index contributed by atoms with van der Waals surface area (Å²) in [6.45, 7) is 1.64. The van der Waals surface area contributed by atoms with Gasteiger partial charge in [0.15, 0.2) is 6.10 Å². The summed E-state index contributed by atoms with van der Waals surface area (Å²) in [6, 6.07) is 10.9. The van der Waals surface area contributed by atoms with Crippen molar-refractivity contribution in [1.82, 2.24) is 4.98 Å². The van der Waals surface area contributed by atoms with Gasteiger partial charge in [-0.2, -0.15) is 13.2 Å². The second-order valence-corrected chi connectivity index (χ2v) is 7.44. The van der Waals surface area contributed by atoms with Crippen molar-refractivity contribution in [2.45, 2.75) is 19.2 Å². The lowest BCUT2D eigenvalue weighted by atomic mass is 10.0.